The van der Waals surface area contributed by atoms with Crippen LogP contribution in [0.5, 0.6) is 0 Å². The van der Waals surface area contributed by atoms with Crippen LogP contribution in [0.15, 0.2) is 30.3 Å². The van der Waals surface area contributed by atoms with Gasteiger partial charge in [0.1, 0.15) is 6.61 Å². The summed E-state index contributed by atoms with van der Waals surface area (Å²) in [7, 11) is 0. The highest BCUT2D eigenvalue weighted by Gasteiger charge is 2.08. The van der Waals surface area contributed by atoms with E-state index in [0.29, 0.717) is 13.2 Å². The van der Waals surface area contributed by atoms with Crippen molar-refractivity contribution in [1.29, 1.82) is 0 Å². The number of rotatable bonds is 8. The summed E-state index contributed by atoms with van der Waals surface area (Å²) < 4.78 is 0. The summed E-state index contributed by atoms with van der Waals surface area (Å²) in [6, 6.07) is 9.87. The number of halogens is 1. The molecule has 0 aromatic heterocycles. The van der Waals surface area contributed by atoms with Crippen LogP contribution >= 0.6 is 15.9 Å². The molecule has 0 aliphatic heterocycles. The van der Waals surface area contributed by atoms with E-state index in [-0.39, 0.29) is 5.91 Å². The summed E-state index contributed by atoms with van der Waals surface area (Å²) >= 11 is 3.40. The Kier molecular flexibility index (Phi) is 7.69. The average molecular weight is 314 g/mol. The first kappa shape index (κ1) is 15.2. The monoisotopic (exact) mass is 313 g/mol. The number of hydrogen-bond acceptors (Lipinski definition) is 2. The molecule has 1 rings (SSSR count). The molecule has 0 aliphatic carbocycles. The number of alkyl halides is 1. The lowest BCUT2D eigenvalue weighted by molar-refractivity contribution is -0.189. The molecule has 0 saturated carbocycles. The van der Waals surface area contributed by atoms with Crippen LogP contribution in [0.3, 0.4) is 0 Å². The van der Waals surface area contributed by atoms with Gasteiger partial charge in [0, 0.05) is 18.8 Å². The summed E-state index contributed by atoms with van der Waals surface area (Å²) in [5.74, 6) is -0.0372. The van der Waals surface area contributed by atoms with Gasteiger partial charge in [0.25, 0.3) is 0 Å². The molecule has 4 heteroatoms. The van der Waals surface area contributed by atoms with Crippen molar-refractivity contribution in [2.24, 2.45) is 0 Å². The maximum Gasteiger partial charge on any atom is 0.243 e. The van der Waals surface area contributed by atoms with Gasteiger partial charge in [-0.2, -0.15) is 0 Å². The van der Waals surface area contributed by atoms with E-state index in [2.05, 4.69) is 15.9 Å². The number of hydroxylamine groups is 2. The van der Waals surface area contributed by atoms with Crippen LogP contribution in [0.1, 0.15) is 31.7 Å². The number of benzene rings is 1. The fourth-order valence-electron chi connectivity index (χ4n) is 1.57. The van der Waals surface area contributed by atoms with Crippen molar-refractivity contribution in [3.8, 4) is 0 Å². The van der Waals surface area contributed by atoms with Crippen LogP contribution in [0.4, 0.5) is 0 Å². The number of carbonyl (C=O) groups is 1. The van der Waals surface area contributed by atoms with Crippen LogP contribution < -0.4 is 0 Å². The average Bonchev–Trinajstić information content (AvgIpc) is 2.38. The molecular weight excluding hydrogens is 294 g/mol. The van der Waals surface area contributed by atoms with Crippen molar-refractivity contribution in [1.82, 2.24) is 5.06 Å². The lowest BCUT2D eigenvalue weighted by Crippen LogP contribution is -2.29. The first-order valence-corrected chi connectivity index (χ1v) is 7.37. The van der Waals surface area contributed by atoms with E-state index in [1.807, 2.05) is 30.3 Å². The number of carbonyl (C=O) groups excluding carboxylic acids is 1. The highest BCUT2D eigenvalue weighted by Crippen LogP contribution is 2.06. The standard InChI is InChI=1S/C14H20BrNO2/c1-13(17)16(11-7-3-6-10-15)18-12-14-8-4-2-5-9-14/h2,4-5,8-9H,3,6-7,10-12H2,1H3. The Labute approximate surface area is 117 Å². The molecule has 1 aromatic rings. The lowest BCUT2D eigenvalue weighted by Gasteiger charge is -2.20. The SMILES string of the molecule is CC(=O)N(CCCCCBr)OCc1ccccc1. The highest BCUT2D eigenvalue weighted by molar-refractivity contribution is 9.09. The summed E-state index contributed by atoms with van der Waals surface area (Å²) in [6.07, 6.45) is 3.20. The minimum atomic E-state index is -0.0372. The van der Waals surface area contributed by atoms with Crippen molar-refractivity contribution < 1.29 is 9.63 Å². The van der Waals surface area contributed by atoms with Gasteiger partial charge in [-0.3, -0.25) is 9.63 Å². The molecule has 0 unspecified atom stereocenters. The fraction of sp³-hybridized carbons (Fsp3) is 0.500. The summed E-state index contributed by atoms with van der Waals surface area (Å²) in [6.45, 7) is 2.64. The van der Waals surface area contributed by atoms with Crippen LogP contribution in [0.2, 0.25) is 0 Å². The molecule has 18 heavy (non-hydrogen) atoms. The molecule has 0 spiro atoms. The van der Waals surface area contributed by atoms with E-state index in [4.69, 9.17) is 4.84 Å². The zero-order chi connectivity index (χ0) is 13.2. The zero-order valence-electron chi connectivity index (χ0n) is 10.8. The van der Waals surface area contributed by atoms with E-state index in [1.54, 1.807) is 0 Å². The smallest absolute Gasteiger partial charge is 0.243 e. The predicted octanol–water partition coefficient (Wildman–Crippen LogP) is 3.53. The zero-order valence-corrected chi connectivity index (χ0v) is 12.4. The number of hydrogen-bond donors (Lipinski definition) is 0. The predicted molar refractivity (Wildman–Crippen MR) is 76.3 cm³/mol. The minimum Gasteiger partial charge on any atom is -0.273 e. The van der Waals surface area contributed by atoms with Crippen LogP contribution in [-0.2, 0) is 16.2 Å². The molecule has 0 radical (unpaired) electrons. The van der Waals surface area contributed by atoms with Crippen LogP contribution in [0.25, 0.3) is 0 Å². The van der Waals surface area contributed by atoms with Gasteiger partial charge in [0.2, 0.25) is 5.91 Å². The van der Waals surface area contributed by atoms with E-state index in [1.165, 1.54) is 12.0 Å². The van der Waals surface area contributed by atoms with Crippen molar-refractivity contribution >= 4 is 21.8 Å². The Morgan fingerprint density at radius 3 is 2.56 bits per heavy atom. The van der Waals surface area contributed by atoms with Gasteiger partial charge >= 0.3 is 0 Å². The first-order chi connectivity index (χ1) is 8.74. The molecule has 0 aliphatic rings. The summed E-state index contributed by atoms with van der Waals surface area (Å²) in [5.41, 5.74) is 1.07. The van der Waals surface area contributed by atoms with Crippen LogP contribution in [-0.4, -0.2) is 22.8 Å². The lowest BCUT2D eigenvalue weighted by atomic mass is 10.2. The molecule has 1 amide bonds. The van der Waals surface area contributed by atoms with Crippen molar-refractivity contribution in [3.05, 3.63) is 35.9 Å². The number of unbranched alkanes of at least 4 members (excludes halogenated alkanes) is 2. The summed E-state index contributed by atoms with van der Waals surface area (Å²) in [4.78, 5) is 17.0. The normalized spacial score (nSPS) is 10.3. The third-order valence-corrected chi connectivity index (χ3v) is 3.14. The number of amides is 1. The summed E-state index contributed by atoms with van der Waals surface area (Å²) in [5, 5.41) is 2.47. The fourth-order valence-corrected chi connectivity index (χ4v) is 1.96. The molecule has 0 atom stereocenters. The molecule has 0 N–H and O–H groups in total. The third kappa shape index (κ3) is 6.17. The Bertz CT molecular complexity index is 343. The second-order valence-electron chi connectivity index (χ2n) is 4.13. The quantitative estimate of drug-likeness (QED) is 0.417. The molecule has 100 valence electrons. The van der Waals surface area contributed by atoms with Crippen molar-refractivity contribution in [2.75, 3.05) is 11.9 Å². The largest absolute Gasteiger partial charge is 0.273 e. The van der Waals surface area contributed by atoms with Gasteiger partial charge in [-0.15, -0.1) is 0 Å². The van der Waals surface area contributed by atoms with Gasteiger partial charge in [-0.1, -0.05) is 52.7 Å². The van der Waals surface area contributed by atoms with Gasteiger partial charge < -0.3 is 0 Å². The van der Waals surface area contributed by atoms with Crippen molar-refractivity contribution in [2.45, 2.75) is 32.8 Å². The van der Waals surface area contributed by atoms with E-state index < -0.39 is 0 Å². The molecule has 0 fully saturated rings. The van der Waals surface area contributed by atoms with Gasteiger partial charge in [-0.05, 0) is 18.4 Å². The van der Waals surface area contributed by atoms with Gasteiger partial charge in [0.15, 0.2) is 0 Å². The van der Waals surface area contributed by atoms with E-state index in [0.717, 1.165) is 30.2 Å². The topological polar surface area (TPSA) is 29.5 Å². The Balaban J connectivity index is 2.32. The molecule has 1 aromatic carbocycles. The second kappa shape index (κ2) is 9.11. The number of nitrogens with zero attached hydrogens (tertiary/aromatic N) is 1. The van der Waals surface area contributed by atoms with E-state index >= 15 is 0 Å². The maximum absolute atomic E-state index is 11.4. The van der Waals surface area contributed by atoms with Gasteiger partial charge in [0.05, 0.1) is 0 Å². The van der Waals surface area contributed by atoms with Gasteiger partial charge in [-0.25, -0.2) is 5.06 Å². The Hall–Kier alpha value is -0.870. The first-order valence-electron chi connectivity index (χ1n) is 6.25. The molecule has 0 heterocycles. The minimum absolute atomic E-state index is 0.0372. The third-order valence-electron chi connectivity index (χ3n) is 2.58. The molecular formula is C14H20BrNO2. The molecule has 0 bridgehead atoms. The van der Waals surface area contributed by atoms with Crippen LogP contribution in [0, 0.1) is 0 Å². The maximum atomic E-state index is 11.4. The molecule has 0 saturated heterocycles. The van der Waals surface area contributed by atoms with Crippen molar-refractivity contribution in [3.63, 3.8) is 0 Å². The van der Waals surface area contributed by atoms with E-state index in [9.17, 15) is 4.79 Å². The Morgan fingerprint density at radius 2 is 1.94 bits per heavy atom. The Morgan fingerprint density at radius 1 is 1.22 bits per heavy atom. The highest BCUT2D eigenvalue weighted by atomic mass is 79.9. The second-order valence-corrected chi connectivity index (χ2v) is 4.92. The molecule has 3 nitrogen and oxygen atoms in total.